The van der Waals surface area contributed by atoms with Crippen LogP contribution < -0.4 is 0 Å². The number of halogens is 1. The topological polar surface area (TPSA) is 57.6 Å². The minimum absolute atomic E-state index is 0.0511. The van der Waals surface area contributed by atoms with Gasteiger partial charge < -0.3 is 5.11 Å². The summed E-state index contributed by atoms with van der Waals surface area (Å²) < 4.78 is 35.9. The SMILES string of the molecule is CN(CC(O)c1ccc(F)cc1)S(C)(=O)=O. The molecular formula is C10H14FNO3S. The van der Waals surface area contributed by atoms with Gasteiger partial charge in [0.15, 0.2) is 0 Å². The molecule has 0 saturated carbocycles. The van der Waals surface area contributed by atoms with Gasteiger partial charge in [-0.05, 0) is 17.7 Å². The minimum atomic E-state index is -3.31. The number of aliphatic hydroxyl groups is 1. The van der Waals surface area contributed by atoms with E-state index in [-0.39, 0.29) is 6.54 Å². The highest BCUT2D eigenvalue weighted by molar-refractivity contribution is 7.88. The van der Waals surface area contributed by atoms with E-state index in [0.29, 0.717) is 5.56 Å². The van der Waals surface area contributed by atoms with Crippen molar-refractivity contribution in [1.29, 1.82) is 0 Å². The summed E-state index contributed by atoms with van der Waals surface area (Å²) in [6.07, 6.45) is 0.102. The second kappa shape index (κ2) is 4.90. The molecule has 0 bridgehead atoms. The Balaban J connectivity index is 2.73. The maximum Gasteiger partial charge on any atom is 0.211 e. The van der Waals surface area contributed by atoms with E-state index in [0.717, 1.165) is 10.6 Å². The van der Waals surface area contributed by atoms with Crippen molar-refractivity contribution in [2.45, 2.75) is 6.10 Å². The molecule has 0 saturated heterocycles. The first-order valence-corrected chi connectivity index (χ1v) is 6.50. The lowest BCUT2D eigenvalue weighted by molar-refractivity contribution is 0.155. The van der Waals surface area contributed by atoms with Gasteiger partial charge in [0.25, 0.3) is 0 Å². The fourth-order valence-corrected chi connectivity index (χ4v) is 1.58. The molecule has 0 aromatic heterocycles. The Morgan fingerprint density at radius 3 is 2.31 bits per heavy atom. The summed E-state index contributed by atoms with van der Waals surface area (Å²) in [7, 11) is -1.94. The molecule has 0 aliphatic rings. The third-order valence-electron chi connectivity index (χ3n) is 2.25. The first-order valence-electron chi connectivity index (χ1n) is 4.65. The third-order valence-corrected chi connectivity index (χ3v) is 3.53. The Kier molecular flexibility index (Phi) is 4.01. The second-order valence-corrected chi connectivity index (χ2v) is 5.70. The standard InChI is InChI=1S/C10H14FNO3S/c1-12(16(2,14)15)7-10(13)8-3-5-9(11)6-4-8/h3-6,10,13H,7H2,1-2H3. The fraction of sp³-hybridized carbons (Fsp3) is 0.400. The maximum absolute atomic E-state index is 12.6. The largest absolute Gasteiger partial charge is 0.387 e. The van der Waals surface area contributed by atoms with Gasteiger partial charge in [0.2, 0.25) is 10.0 Å². The molecule has 1 N–H and O–H groups in total. The lowest BCUT2D eigenvalue weighted by Gasteiger charge is -2.18. The van der Waals surface area contributed by atoms with Crippen LogP contribution in [0.1, 0.15) is 11.7 Å². The van der Waals surface area contributed by atoms with Crippen molar-refractivity contribution in [3.8, 4) is 0 Å². The Morgan fingerprint density at radius 1 is 1.38 bits per heavy atom. The van der Waals surface area contributed by atoms with Gasteiger partial charge in [-0.15, -0.1) is 0 Å². The number of rotatable bonds is 4. The third kappa shape index (κ3) is 3.55. The summed E-state index contributed by atoms with van der Waals surface area (Å²) in [5, 5.41) is 9.72. The molecule has 1 unspecified atom stereocenters. The average Bonchev–Trinajstić information content (AvgIpc) is 2.17. The monoisotopic (exact) mass is 247 g/mol. The van der Waals surface area contributed by atoms with Crippen LogP contribution in [0.3, 0.4) is 0 Å². The molecule has 0 aliphatic carbocycles. The molecular weight excluding hydrogens is 233 g/mol. The van der Waals surface area contributed by atoms with Gasteiger partial charge in [-0.1, -0.05) is 12.1 Å². The summed E-state index contributed by atoms with van der Waals surface area (Å²) in [6.45, 7) is -0.0511. The van der Waals surface area contributed by atoms with E-state index in [1.165, 1.54) is 31.3 Å². The van der Waals surface area contributed by atoms with Gasteiger partial charge >= 0.3 is 0 Å². The lowest BCUT2D eigenvalue weighted by Crippen LogP contribution is -2.30. The van der Waals surface area contributed by atoms with Gasteiger partial charge in [-0.2, -0.15) is 0 Å². The number of hydrogen-bond acceptors (Lipinski definition) is 3. The van der Waals surface area contributed by atoms with Crippen LogP contribution in [0.25, 0.3) is 0 Å². The first-order chi connectivity index (χ1) is 7.30. The molecule has 0 fully saturated rings. The predicted molar refractivity (Wildman–Crippen MR) is 58.8 cm³/mol. The van der Waals surface area contributed by atoms with Crippen molar-refractivity contribution in [2.75, 3.05) is 19.8 Å². The van der Waals surface area contributed by atoms with Crippen LogP contribution in [-0.4, -0.2) is 37.7 Å². The van der Waals surface area contributed by atoms with Gasteiger partial charge in [0.05, 0.1) is 12.4 Å². The summed E-state index contributed by atoms with van der Waals surface area (Å²) >= 11 is 0. The number of sulfonamides is 1. The molecule has 0 spiro atoms. The van der Waals surface area contributed by atoms with Gasteiger partial charge in [-0.3, -0.25) is 0 Å². The Morgan fingerprint density at radius 2 is 1.88 bits per heavy atom. The molecule has 16 heavy (non-hydrogen) atoms. The molecule has 0 amide bonds. The van der Waals surface area contributed by atoms with Crippen molar-refractivity contribution in [3.05, 3.63) is 35.6 Å². The van der Waals surface area contributed by atoms with E-state index in [2.05, 4.69) is 0 Å². The predicted octanol–water partition coefficient (Wildman–Crippen LogP) is 0.750. The molecule has 0 aliphatic heterocycles. The number of benzene rings is 1. The number of hydrogen-bond donors (Lipinski definition) is 1. The van der Waals surface area contributed by atoms with Crippen molar-refractivity contribution >= 4 is 10.0 Å². The fourth-order valence-electron chi connectivity index (χ4n) is 1.17. The molecule has 1 atom stereocenters. The van der Waals surface area contributed by atoms with Crippen LogP contribution >= 0.6 is 0 Å². The summed E-state index contributed by atoms with van der Waals surface area (Å²) in [6, 6.07) is 5.30. The molecule has 1 rings (SSSR count). The first kappa shape index (κ1) is 13.1. The lowest BCUT2D eigenvalue weighted by atomic mass is 10.1. The van der Waals surface area contributed by atoms with Crippen LogP contribution in [0.2, 0.25) is 0 Å². The average molecular weight is 247 g/mol. The highest BCUT2D eigenvalue weighted by Crippen LogP contribution is 2.15. The van der Waals surface area contributed by atoms with Gasteiger partial charge in [-0.25, -0.2) is 17.1 Å². The van der Waals surface area contributed by atoms with E-state index in [1.807, 2.05) is 0 Å². The van der Waals surface area contributed by atoms with Crippen molar-refractivity contribution in [2.24, 2.45) is 0 Å². The number of aliphatic hydroxyl groups excluding tert-OH is 1. The zero-order valence-electron chi connectivity index (χ0n) is 9.09. The number of nitrogens with zero attached hydrogens (tertiary/aromatic N) is 1. The zero-order valence-corrected chi connectivity index (χ0v) is 9.91. The maximum atomic E-state index is 12.6. The second-order valence-electron chi connectivity index (χ2n) is 3.61. The molecule has 0 heterocycles. The molecule has 4 nitrogen and oxygen atoms in total. The van der Waals surface area contributed by atoms with E-state index in [1.54, 1.807) is 0 Å². The summed E-state index contributed by atoms with van der Waals surface area (Å²) in [5.41, 5.74) is 0.483. The van der Waals surface area contributed by atoms with Gasteiger partial charge in [0, 0.05) is 13.6 Å². The Bertz CT molecular complexity index is 444. The minimum Gasteiger partial charge on any atom is -0.387 e. The van der Waals surface area contributed by atoms with E-state index < -0.39 is 21.9 Å². The van der Waals surface area contributed by atoms with Crippen LogP contribution in [0.5, 0.6) is 0 Å². The van der Waals surface area contributed by atoms with Gasteiger partial charge in [0.1, 0.15) is 5.82 Å². The van der Waals surface area contributed by atoms with Crippen LogP contribution in [0.4, 0.5) is 4.39 Å². The molecule has 90 valence electrons. The highest BCUT2D eigenvalue weighted by Gasteiger charge is 2.16. The molecule has 0 radical (unpaired) electrons. The van der Waals surface area contributed by atoms with Crippen molar-refractivity contribution in [1.82, 2.24) is 4.31 Å². The molecule has 1 aromatic rings. The summed E-state index contributed by atoms with van der Waals surface area (Å²) in [4.78, 5) is 0. The highest BCUT2D eigenvalue weighted by atomic mass is 32.2. The smallest absolute Gasteiger partial charge is 0.211 e. The normalized spacial score (nSPS) is 14.1. The molecule has 6 heteroatoms. The van der Waals surface area contributed by atoms with E-state index >= 15 is 0 Å². The van der Waals surface area contributed by atoms with Crippen LogP contribution in [0.15, 0.2) is 24.3 Å². The van der Waals surface area contributed by atoms with E-state index in [4.69, 9.17) is 0 Å². The molecule has 1 aromatic carbocycles. The quantitative estimate of drug-likeness (QED) is 0.854. The Labute approximate surface area is 94.4 Å². The van der Waals surface area contributed by atoms with Crippen LogP contribution in [0, 0.1) is 5.82 Å². The zero-order chi connectivity index (χ0) is 12.3. The summed E-state index contributed by atoms with van der Waals surface area (Å²) in [5.74, 6) is -0.396. The number of likely N-dealkylation sites (N-methyl/N-ethyl adjacent to an activating group) is 1. The van der Waals surface area contributed by atoms with E-state index in [9.17, 15) is 17.9 Å². The Hall–Kier alpha value is -0.980. The van der Waals surface area contributed by atoms with Crippen molar-refractivity contribution in [3.63, 3.8) is 0 Å². The van der Waals surface area contributed by atoms with Crippen molar-refractivity contribution < 1.29 is 17.9 Å². The van der Waals surface area contributed by atoms with Crippen LogP contribution in [-0.2, 0) is 10.0 Å².